The Labute approximate surface area is 179 Å². The molecule has 0 saturated carbocycles. The second kappa shape index (κ2) is 10.2. The van der Waals surface area contributed by atoms with E-state index in [0.29, 0.717) is 5.91 Å². The number of anilines is 1. The molecule has 0 N–H and O–H groups in total. The third-order valence-corrected chi connectivity index (χ3v) is 6.68. The first-order chi connectivity index (χ1) is 14.0. The molecule has 1 aliphatic heterocycles. The topological polar surface area (TPSA) is 49.3 Å². The molecule has 3 rings (SSSR count). The molecule has 1 aromatic carbocycles. The van der Waals surface area contributed by atoms with Crippen LogP contribution in [0, 0.1) is 12.8 Å². The number of hydrogen-bond acceptors (Lipinski definition) is 5. The molecule has 2 atom stereocenters. The number of rotatable bonds is 8. The second-order valence-electron chi connectivity index (χ2n) is 8.23. The summed E-state index contributed by atoms with van der Waals surface area (Å²) >= 11 is 1.47. The smallest absolute Gasteiger partial charge is 0.226 e. The van der Waals surface area contributed by atoms with Gasteiger partial charge in [0.1, 0.15) is 5.82 Å². The molecule has 2 heterocycles. The van der Waals surface area contributed by atoms with Crippen LogP contribution in [0.1, 0.15) is 63.4 Å². The molecular weight excluding hydrogens is 380 g/mol. The second-order valence-corrected chi connectivity index (χ2v) is 8.96. The number of aromatic nitrogens is 2. The zero-order valence-electron chi connectivity index (χ0n) is 18.2. The molecule has 5 nitrogen and oxygen atoms in total. The van der Waals surface area contributed by atoms with Crippen LogP contribution < -0.4 is 4.90 Å². The largest absolute Gasteiger partial charge is 0.343 e. The molecule has 0 spiro atoms. The summed E-state index contributed by atoms with van der Waals surface area (Å²) < 4.78 is 4.57. The Morgan fingerprint density at radius 3 is 2.66 bits per heavy atom. The third kappa shape index (κ3) is 5.56. The first-order valence-corrected chi connectivity index (χ1v) is 11.7. The van der Waals surface area contributed by atoms with Gasteiger partial charge in [-0.25, -0.2) is 4.98 Å². The number of nitrogens with zero attached hydrogens (tertiary/aromatic N) is 4. The molecule has 158 valence electrons. The van der Waals surface area contributed by atoms with E-state index in [9.17, 15) is 4.79 Å². The van der Waals surface area contributed by atoms with Gasteiger partial charge in [0.25, 0.3) is 0 Å². The fourth-order valence-electron chi connectivity index (χ4n) is 3.98. The highest BCUT2D eigenvalue weighted by atomic mass is 32.1. The van der Waals surface area contributed by atoms with Gasteiger partial charge in [-0.2, -0.15) is 4.37 Å². The Morgan fingerprint density at radius 2 is 2.00 bits per heavy atom. The SMILES string of the molecule is CCCCC(CC)C(=O)N1CCN(c2nc(Cc3ccc(C)cc3)ns2)CC1C. The standard InChI is InChI=1S/C23H34N4OS/c1-5-7-8-20(6-2)22(28)27-14-13-26(16-18(27)4)23-24-21(25-29-23)15-19-11-9-17(3)10-12-19/h9-12,18,20H,5-8,13-16H2,1-4H3. The van der Waals surface area contributed by atoms with Crippen molar-refractivity contribution in [2.45, 2.75) is 65.8 Å². The molecule has 1 aliphatic rings. The molecule has 0 aliphatic carbocycles. The zero-order chi connectivity index (χ0) is 20.8. The van der Waals surface area contributed by atoms with Gasteiger partial charge >= 0.3 is 0 Å². The van der Waals surface area contributed by atoms with Gasteiger partial charge in [-0.3, -0.25) is 4.79 Å². The maximum Gasteiger partial charge on any atom is 0.226 e. The first-order valence-electron chi connectivity index (χ1n) is 10.9. The van der Waals surface area contributed by atoms with Crippen molar-refractivity contribution in [3.05, 3.63) is 41.2 Å². The molecule has 1 fully saturated rings. The minimum absolute atomic E-state index is 0.173. The van der Waals surface area contributed by atoms with E-state index in [-0.39, 0.29) is 12.0 Å². The number of carbonyl (C=O) groups excluding carboxylic acids is 1. The highest BCUT2D eigenvalue weighted by molar-refractivity contribution is 7.09. The summed E-state index contributed by atoms with van der Waals surface area (Å²) in [6.07, 6.45) is 4.99. The van der Waals surface area contributed by atoms with E-state index in [1.807, 2.05) is 0 Å². The number of amides is 1. The fraction of sp³-hybridized carbons (Fsp3) is 0.609. The zero-order valence-corrected chi connectivity index (χ0v) is 19.0. The summed E-state index contributed by atoms with van der Waals surface area (Å²) in [6.45, 7) is 11.0. The Hall–Kier alpha value is -1.95. The molecule has 1 amide bonds. The molecule has 1 aromatic heterocycles. The van der Waals surface area contributed by atoms with Crippen molar-refractivity contribution in [3.8, 4) is 0 Å². The number of piperazine rings is 1. The van der Waals surface area contributed by atoms with Crippen molar-refractivity contribution >= 4 is 22.6 Å². The van der Waals surface area contributed by atoms with Crippen LogP contribution in [-0.2, 0) is 11.2 Å². The number of carbonyl (C=O) groups is 1. The Kier molecular flexibility index (Phi) is 7.64. The summed E-state index contributed by atoms with van der Waals surface area (Å²) in [4.78, 5) is 22.2. The van der Waals surface area contributed by atoms with Gasteiger partial charge in [0.05, 0.1) is 0 Å². The van der Waals surface area contributed by atoms with Gasteiger partial charge in [-0.1, -0.05) is 56.5 Å². The van der Waals surface area contributed by atoms with Crippen LogP contribution in [0.2, 0.25) is 0 Å². The minimum Gasteiger partial charge on any atom is -0.343 e. The number of benzene rings is 1. The predicted molar refractivity (Wildman–Crippen MR) is 121 cm³/mol. The molecule has 2 unspecified atom stereocenters. The van der Waals surface area contributed by atoms with Gasteiger partial charge in [0.2, 0.25) is 11.0 Å². The van der Waals surface area contributed by atoms with Crippen LogP contribution in [-0.4, -0.2) is 45.8 Å². The molecule has 2 aromatic rings. The van der Waals surface area contributed by atoms with Crippen molar-refractivity contribution in [1.29, 1.82) is 0 Å². The molecule has 6 heteroatoms. The van der Waals surface area contributed by atoms with E-state index in [0.717, 1.165) is 62.7 Å². The molecular formula is C23H34N4OS. The quantitative estimate of drug-likeness (QED) is 0.629. The monoisotopic (exact) mass is 414 g/mol. The molecule has 1 saturated heterocycles. The fourth-order valence-corrected chi connectivity index (χ4v) is 4.70. The normalized spacial score (nSPS) is 18.1. The lowest BCUT2D eigenvalue weighted by Gasteiger charge is -2.41. The van der Waals surface area contributed by atoms with Gasteiger partial charge in [-0.15, -0.1) is 0 Å². The van der Waals surface area contributed by atoms with Crippen LogP contribution >= 0.6 is 11.5 Å². The summed E-state index contributed by atoms with van der Waals surface area (Å²) in [7, 11) is 0. The van der Waals surface area contributed by atoms with Crippen molar-refractivity contribution in [2.75, 3.05) is 24.5 Å². The van der Waals surface area contributed by atoms with Gasteiger partial charge in [0, 0.05) is 49.5 Å². The van der Waals surface area contributed by atoms with E-state index < -0.39 is 0 Å². The minimum atomic E-state index is 0.173. The lowest BCUT2D eigenvalue weighted by atomic mass is 9.96. The van der Waals surface area contributed by atoms with Gasteiger partial charge in [0.15, 0.2) is 0 Å². The lowest BCUT2D eigenvalue weighted by Crippen LogP contribution is -2.55. The highest BCUT2D eigenvalue weighted by Gasteiger charge is 2.31. The number of unbranched alkanes of at least 4 members (excludes halogenated alkanes) is 1. The van der Waals surface area contributed by atoms with E-state index in [1.54, 1.807) is 0 Å². The van der Waals surface area contributed by atoms with Crippen LogP contribution in [0.25, 0.3) is 0 Å². The van der Waals surface area contributed by atoms with E-state index in [2.05, 4.69) is 66.1 Å². The average Bonchev–Trinajstić information content (AvgIpc) is 3.18. The number of aryl methyl sites for hydroxylation is 1. The maximum absolute atomic E-state index is 13.0. The van der Waals surface area contributed by atoms with Crippen LogP contribution in [0.5, 0.6) is 0 Å². The van der Waals surface area contributed by atoms with Crippen LogP contribution in [0.3, 0.4) is 0 Å². The van der Waals surface area contributed by atoms with Crippen molar-refractivity contribution in [1.82, 2.24) is 14.3 Å². The average molecular weight is 415 g/mol. The summed E-state index contributed by atoms with van der Waals surface area (Å²) in [6, 6.07) is 8.75. The predicted octanol–water partition coefficient (Wildman–Crippen LogP) is 4.69. The van der Waals surface area contributed by atoms with Crippen molar-refractivity contribution in [3.63, 3.8) is 0 Å². The van der Waals surface area contributed by atoms with Crippen molar-refractivity contribution < 1.29 is 4.79 Å². The van der Waals surface area contributed by atoms with Gasteiger partial charge < -0.3 is 9.80 Å². The van der Waals surface area contributed by atoms with E-state index in [1.165, 1.54) is 22.7 Å². The van der Waals surface area contributed by atoms with E-state index in [4.69, 9.17) is 4.98 Å². The van der Waals surface area contributed by atoms with E-state index >= 15 is 0 Å². The summed E-state index contributed by atoms with van der Waals surface area (Å²) in [5.74, 6) is 1.39. The lowest BCUT2D eigenvalue weighted by molar-refractivity contribution is -0.138. The first kappa shape index (κ1) is 21.8. The Balaban J connectivity index is 1.58. The van der Waals surface area contributed by atoms with Gasteiger partial charge in [-0.05, 0) is 32.3 Å². The highest BCUT2D eigenvalue weighted by Crippen LogP contribution is 2.25. The molecule has 0 bridgehead atoms. The molecule has 29 heavy (non-hydrogen) atoms. The van der Waals surface area contributed by atoms with Crippen LogP contribution in [0.4, 0.5) is 5.13 Å². The number of hydrogen-bond donors (Lipinski definition) is 0. The summed E-state index contributed by atoms with van der Waals surface area (Å²) in [5.41, 5.74) is 2.50. The third-order valence-electron chi connectivity index (χ3n) is 5.87. The Morgan fingerprint density at radius 1 is 1.24 bits per heavy atom. The molecule has 0 radical (unpaired) electrons. The van der Waals surface area contributed by atoms with Crippen molar-refractivity contribution in [2.24, 2.45) is 5.92 Å². The Bertz CT molecular complexity index is 788. The van der Waals surface area contributed by atoms with Crippen LogP contribution in [0.15, 0.2) is 24.3 Å². The summed E-state index contributed by atoms with van der Waals surface area (Å²) in [5, 5.41) is 0.976. The maximum atomic E-state index is 13.0.